The third kappa shape index (κ3) is 5.45. The van der Waals surface area contributed by atoms with E-state index in [1.165, 1.54) is 17.3 Å². The van der Waals surface area contributed by atoms with Crippen LogP contribution in [0.4, 0.5) is 5.82 Å². The van der Waals surface area contributed by atoms with Gasteiger partial charge in [-0.15, -0.1) is 0 Å². The zero-order valence-electron chi connectivity index (χ0n) is 14.7. The number of anilines is 1. The molecule has 2 aromatic carbocycles. The van der Waals surface area contributed by atoms with Gasteiger partial charge < -0.3 is 10.0 Å². The second-order valence-electron chi connectivity index (χ2n) is 5.97. The highest BCUT2D eigenvalue weighted by Crippen LogP contribution is 2.25. The Balaban J connectivity index is 1.71. The van der Waals surface area contributed by atoms with Gasteiger partial charge in [-0.1, -0.05) is 65.8 Å². The van der Waals surface area contributed by atoms with E-state index in [-0.39, 0.29) is 5.56 Å². The number of carboxylic acid groups (broad SMARTS) is 1. The lowest BCUT2D eigenvalue weighted by Gasteiger charge is -2.19. The zero-order chi connectivity index (χ0) is 19.2. The smallest absolute Gasteiger partial charge is 0.335 e. The number of carboxylic acids is 1. The van der Waals surface area contributed by atoms with Crippen molar-refractivity contribution in [1.29, 1.82) is 0 Å². The maximum Gasteiger partial charge on any atom is 0.335 e. The van der Waals surface area contributed by atoms with Crippen LogP contribution in [-0.4, -0.2) is 28.1 Å². The van der Waals surface area contributed by atoms with E-state index in [9.17, 15) is 4.79 Å². The first-order valence-electron chi connectivity index (χ1n) is 8.26. The third-order valence-corrected chi connectivity index (χ3v) is 4.97. The average molecular weight is 400 g/mol. The fourth-order valence-electron chi connectivity index (χ4n) is 2.53. The van der Waals surface area contributed by atoms with Crippen molar-refractivity contribution < 1.29 is 9.90 Å². The summed E-state index contributed by atoms with van der Waals surface area (Å²) in [6, 6.07) is 18.7. The van der Waals surface area contributed by atoms with Gasteiger partial charge in [0.1, 0.15) is 11.0 Å². The molecule has 0 aliphatic carbocycles. The van der Waals surface area contributed by atoms with Gasteiger partial charge >= 0.3 is 5.97 Å². The van der Waals surface area contributed by atoms with Crippen molar-refractivity contribution in [3.8, 4) is 0 Å². The zero-order valence-corrected chi connectivity index (χ0v) is 16.2. The Morgan fingerprint density at radius 2 is 1.81 bits per heavy atom. The predicted octanol–water partition coefficient (Wildman–Crippen LogP) is 4.76. The number of halogens is 1. The molecule has 0 amide bonds. The van der Waals surface area contributed by atoms with Crippen molar-refractivity contribution in [2.45, 2.75) is 17.5 Å². The van der Waals surface area contributed by atoms with Crippen LogP contribution in [0.15, 0.2) is 65.8 Å². The monoisotopic (exact) mass is 399 g/mol. The van der Waals surface area contributed by atoms with Gasteiger partial charge in [-0.3, -0.25) is 0 Å². The number of rotatable bonds is 7. The Kier molecular flexibility index (Phi) is 6.32. The van der Waals surface area contributed by atoms with Gasteiger partial charge in [0.2, 0.25) is 0 Å². The van der Waals surface area contributed by atoms with Gasteiger partial charge in [0, 0.05) is 25.4 Å². The molecule has 3 aromatic rings. The first-order valence-corrected chi connectivity index (χ1v) is 9.62. The highest BCUT2D eigenvalue weighted by molar-refractivity contribution is 7.98. The van der Waals surface area contributed by atoms with Gasteiger partial charge in [-0.2, -0.15) is 0 Å². The number of aromatic carboxylic acids is 1. The maximum absolute atomic E-state index is 11.1. The van der Waals surface area contributed by atoms with E-state index in [0.717, 1.165) is 11.4 Å². The molecule has 0 spiro atoms. The van der Waals surface area contributed by atoms with Crippen LogP contribution in [0.2, 0.25) is 5.15 Å². The van der Waals surface area contributed by atoms with Crippen molar-refractivity contribution in [3.05, 3.63) is 82.5 Å². The number of aromatic nitrogens is 2. The van der Waals surface area contributed by atoms with Crippen LogP contribution in [0, 0.1) is 0 Å². The molecule has 1 aromatic heterocycles. The summed E-state index contributed by atoms with van der Waals surface area (Å²) in [6.07, 6.45) is 0. The minimum absolute atomic E-state index is 0.267. The molecule has 0 unspecified atom stereocenters. The van der Waals surface area contributed by atoms with Gasteiger partial charge in [0.15, 0.2) is 5.16 Å². The molecular formula is C20H18ClN3O2S. The Morgan fingerprint density at radius 1 is 1.07 bits per heavy atom. The highest BCUT2D eigenvalue weighted by Gasteiger charge is 2.10. The third-order valence-electron chi connectivity index (χ3n) is 3.86. The van der Waals surface area contributed by atoms with Gasteiger partial charge in [0.05, 0.1) is 5.56 Å². The summed E-state index contributed by atoms with van der Waals surface area (Å²) < 4.78 is 0. The summed E-state index contributed by atoms with van der Waals surface area (Å²) in [5, 5.41) is 10.0. The van der Waals surface area contributed by atoms with E-state index in [2.05, 4.69) is 22.1 Å². The Hall–Kier alpha value is -2.57. The van der Waals surface area contributed by atoms with E-state index in [1.807, 2.05) is 36.2 Å². The normalized spacial score (nSPS) is 10.6. The van der Waals surface area contributed by atoms with Gasteiger partial charge in [-0.25, -0.2) is 14.8 Å². The van der Waals surface area contributed by atoms with Crippen LogP contribution in [-0.2, 0) is 12.3 Å². The standard InChI is InChI=1S/C20H18ClN3O2S/c1-24(12-14-6-3-2-4-7-14)18-11-17(21)22-20(23-18)27-13-15-8-5-9-16(10-15)19(25)26/h2-11H,12-13H2,1H3,(H,25,26). The fourth-order valence-corrected chi connectivity index (χ4v) is 3.55. The van der Waals surface area contributed by atoms with Crippen molar-refractivity contribution >= 4 is 35.1 Å². The van der Waals surface area contributed by atoms with E-state index in [1.54, 1.807) is 24.3 Å². The molecule has 0 aliphatic heterocycles. The SMILES string of the molecule is CN(Cc1ccccc1)c1cc(Cl)nc(SCc2cccc(C(=O)O)c2)n1. The lowest BCUT2D eigenvalue weighted by molar-refractivity contribution is 0.0697. The van der Waals surface area contributed by atoms with Crippen molar-refractivity contribution in [1.82, 2.24) is 9.97 Å². The maximum atomic E-state index is 11.1. The summed E-state index contributed by atoms with van der Waals surface area (Å²) in [6.45, 7) is 0.707. The minimum atomic E-state index is -0.939. The second kappa shape index (κ2) is 8.88. The molecule has 0 atom stereocenters. The quantitative estimate of drug-likeness (QED) is 0.351. The lowest BCUT2D eigenvalue weighted by atomic mass is 10.1. The number of nitrogens with zero attached hydrogens (tertiary/aromatic N) is 3. The highest BCUT2D eigenvalue weighted by atomic mass is 35.5. The molecular weight excluding hydrogens is 382 g/mol. The van der Waals surface area contributed by atoms with Crippen LogP contribution in [0.1, 0.15) is 21.5 Å². The van der Waals surface area contributed by atoms with E-state index >= 15 is 0 Å². The number of thioether (sulfide) groups is 1. The molecule has 5 nitrogen and oxygen atoms in total. The van der Waals surface area contributed by atoms with Crippen molar-refractivity contribution in [2.75, 3.05) is 11.9 Å². The Labute approximate surface area is 167 Å². The van der Waals surface area contributed by atoms with E-state index < -0.39 is 5.97 Å². The first kappa shape index (κ1) is 19.2. The van der Waals surface area contributed by atoms with Crippen LogP contribution >= 0.6 is 23.4 Å². The first-order chi connectivity index (χ1) is 13.0. The number of hydrogen-bond donors (Lipinski definition) is 1. The molecule has 0 radical (unpaired) electrons. The van der Waals surface area contributed by atoms with E-state index in [4.69, 9.17) is 16.7 Å². The average Bonchev–Trinajstić information content (AvgIpc) is 2.67. The number of benzene rings is 2. The molecule has 7 heteroatoms. The summed E-state index contributed by atoms with van der Waals surface area (Å²) in [4.78, 5) is 21.9. The second-order valence-corrected chi connectivity index (χ2v) is 7.30. The molecule has 3 rings (SSSR count). The van der Waals surface area contributed by atoms with Gasteiger partial charge in [0.25, 0.3) is 0 Å². The molecule has 0 saturated carbocycles. The van der Waals surface area contributed by atoms with Crippen LogP contribution < -0.4 is 4.90 Å². The summed E-state index contributed by atoms with van der Waals surface area (Å²) in [7, 11) is 1.95. The fraction of sp³-hybridized carbons (Fsp3) is 0.150. The molecule has 0 fully saturated rings. The molecule has 0 bridgehead atoms. The number of hydrogen-bond acceptors (Lipinski definition) is 5. The van der Waals surface area contributed by atoms with E-state index in [0.29, 0.717) is 22.6 Å². The Bertz CT molecular complexity index is 938. The topological polar surface area (TPSA) is 66.3 Å². The van der Waals surface area contributed by atoms with Crippen LogP contribution in [0.5, 0.6) is 0 Å². The summed E-state index contributed by atoms with van der Waals surface area (Å²) >= 11 is 7.60. The number of carbonyl (C=O) groups is 1. The van der Waals surface area contributed by atoms with Crippen molar-refractivity contribution in [3.63, 3.8) is 0 Å². The molecule has 27 heavy (non-hydrogen) atoms. The molecule has 0 aliphatic rings. The van der Waals surface area contributed by atoms with Crippen LogP contribution in [0.3, 0.4) is 0 Å². The minimum Gasteiger partial charge on any atom is -0.478 e. The van der Waals surface area contributed by atoms with Gasteiger partial charge in [-0.05, 0) is 23.3 Å². The molecule has 1 N–H and O–H groups in total. The lowest BCUT2D eigenvalue weighted by Crippen LogP contribution is -2.18. The van der Waals surface area contributed by atoms with Crippen LogP contribution in [0.25, 0.3) is 0 Å². The summed E-state index contributed by atoms with van der Waals surface area (Å²) in [5.41, 5.74) is 2.33. The Morgan fingerprint density at radius 3 is 2.56 bits per heavy atom. The molecule has 1 heterocycles. The predicted molar refractivity (Wildman–Crippen MR) is 109 cm³/mol. The van der Waals surface area contributed by atoms with Crippen molar-refractivity contribution in [2.24, 2.45) is 0 Å². The molecule has 138 valence electrons. The summed E-state index contributed by atoms with van der Waals surface area (Å²) in [5.74, 6) is 0.356. The molecule has 0 saturated heterocycles. The largest absolute Gasteiger partial charge is 0.478 e.